The van der Waals surface area contributed by atoms with Gasteiger partial charge in [-0.2, -0.15) is 4.31 Å². The monoisotopic (exact) mass is 307 g/mol. The van der Waals surface area contributed by atoms with Gasteiger partial charge in [-0.15, -0.1) is 0 Å². The number of aromatic nitrogens is 1. The van der Waals surface area contributed by atoms with Crippen molar-refractivity contribution in [3.05, 3.63) is 36.0 Å². The van der Waals surface area contributed by atoms with E-state index in [2.05, 4.69) is 4.98 Å². The Labute approximate surface area is 123 Å². The Morgan fingerprint density at radius 2 is 2.19 bits per heavy atom. The Hall–Kier alpha value is -1.54. The van der Waals surface area contributed by atoms with Gasteiger partial charge in [-0.05, 0) is 30.7 Å². The molecule has 1 unspecified atom stereocenters. The van der Waals surface area contributed by atoms with Crippen LogP contribution in [-0.2, 0) is 14.8 Å². The molecule has 0 saturated carbocycles. The lowest BCUT2D eigenvalue weighted by atomic mass is 10.1. The van der Waals surface area contributed by atoms with Crippen LogP contribution < -0.4 is 5.73 Å². The summed E-state index contributed by atoms with van der Waals surface area (Å²) < 4.78 is 32.3. The average Bonchev–Trinajstić information content (AvgIpc) is 2.48. The van der Waals surface area contributed by atoms with E-state index in [-0.39, 0.29) is 18.0 Å². The van der Waals surface area contributed by atoms with Gasteiger partial charge < -0.3 is 10.5 Å². The maximum absolute atomic E-state index is 12.9. The molecule has 1 aromatic carbocycles. The van der Waals surface area contributed by atoms with Crippen LogP contribution in [-0.4, -0.2) is 43.6 Å². The lowest BCUT2D eigenvalue weighted by Crippen LogP contribution is -2.53. The highest BCUT2D eigenvalue weighted by molar-refractivity contribution is 7.89. The number of nitrogens with zero attached hydrogens (tertiary/aromatic N) is 2. The first-order valence-electron chi connectivity index (χ1n) is 6.71. The fraction of sp³-hybridized carbons (Fsp3) is 0.357. The molecule has 21 heavy (non-hydrogen) atoms. The summed E-state index contributed by atoms with van der Waals surface area (Å²) in [7, 11) is -3.67. The Balaban J connectivity index is 2.17. The van der Waals surface area contributed by atoms with E-state index < -0.39 is 16.2 Å². The number of aryl methyl sites for hydroxylation is 1. The van der Waals surface area contributed by atoms with Crippen molar-refractivity contribution < 1.29 is 13.2 Å². The second-order valence-corrected chi connectivity index (χ2v) is 6.90. The Morgan fingerprint density at radius 3 is 2.95 bits per heavy atom. The molecule has 0 bridgehead atoms. The zero-order chi connectivity index (χ0) is 15.0. The van der Waals surface area contributed by atoms with Gasteiger partial charge in [-0.1, -0.05) is 6.07 Å². The van der Waals surface area contributed by atoms with Gasteiger partial charge in [0, 0.05) is 18.1 Å². The molecule has 112 valence electrons. The van der Waals surface area contributed by atoms with Crippen molar-refractivity contribution in [2.24, 2.45) is 5.73 Å². The van der Waals surface area contributed by atoms with E-state index in [4.69, 9.17) is 10.5 Å². The molecule has 6 nitrogen and oxygen atoms in total. The van der Waals surface area contributed by atoms with Crippen LogP contribution in [0.4, 0.5) is 0 Å². The molecule has 2 aromatic rings. The molecule has 1 aliphatic heterocycles. The van der Waals surface area contributed by atoms with Crippen molar-refractivity contribution in [3.8, 4) is 0 Å². The van der Waals surface area contributed by atoms with Crippen LogP contribution >= 0.6 is 0 Å². The van der Waals surface area contributed by atoms with Crippen LogP contribution in [0.1, 0.15) is 5.56 Å². The van der Waals surface area contributed by atoms with Gasteiger partial charge in [0.25, 0.3) is 0 Å². The summed E-state index contributed by atoms with van der Waals surface area (Å²) in [6.07, 6.45) is 1.00. The molecule has 0 aliphatic carbocycles. The normalized spacial score (nSPS) is 20.8. The molecule has 1 atom stereocenters. The molecule has 1 saturated heterocycles. The minimum absolute atomic E-state index is 0.210. The molecular formula is C14H17N3O3S. The first kappa shape index (κ1) is 14.4. The van der Waals surface area contributed by atoms with Gasteiger partial charge in [-0.25, -0.2) is 8.42 Å². The first-order chi connectivity index (χ1) is 10.0. The number of pyridine rings is 1. The molecule has 3 rings (SSSR count). The lowest BCUT2D eigenvalue weighted by Gasteiger charge is -2.32. The number of rotatable bonds is 2. The maximum Gasteiger partial charge on any atom is 0.245 e. The van der Waals surface area contributed by atoms with Crippen LogP contribution in [0.15, 0.2) is 35.4 Å². The highest BCUT2D eigenvalue weighted by Crippen LogP contribution is 2.27. The second-order valence-electron chi connectivity index (χ2n) is 5.04. The number of benzene rings is 1. The maximum atomic E-state index is 12.9. The number of fused-ring (bicyclic) bond motifs is 1. The minimum Gasteiger partial charge on any atom is -0.377 e. The summed E-state index contributed by atoms with van der Waals surface area (Å²) in [6.45, 7) is 2.74. The fourth-order valence-corrected chi connectivity index (χ4v) is 4.21. The average molecular weight is 307 g/mol. The van der Waals surface area contributed by atoms with Gasteiger partial charge in [-0.3, -0.25) is 4.98 Å². The Morgan fingerprint density at radius 1 is 1.38 bits per heavy atom. The van der Waals surface area contributed by atoms with E-state index in [1.807, 2.05) is 6.92 Å². The van der Waals surface area contributed by atoms with Gasteiger partial charge in [0.15, 0.2) is 0 Å². The van der Waals surface area contributed by atoms with E-state index in [0.29, 0.717) is 17.5 Å². The number of nitrogens with two attached hydrogens (primary N) is 1. The summed E-state index contributed by atoms with van der Waals surface area (Å²) in [5, 5.41) is 0.621. The molecule has 1 fully saturated rings. The third kappa shape index (κ3) is 2.42. The second kappa shape index (κ2) is 5.34. The quantitative estimate of drug-likeness (QED) is 0.889. The highest BCUT2D eigenvalue weighted by Gasteiger charge is 2.33. The third-order valence-electron chi connectivity index (χ3n) is 3.63. The van der Waals surface area contributed by atoms with Crippen LogP contribution in [0.25, 0.3) is 10.9 Å². The molecule has 0 amide bonds. The summed E-state index contributed by atoms with van der Waals surface area (Å²) in [4.78, 5) is 4.52. The Kier molecular flexibility index (Phi) is 3.66. The van der Waals surface area contributed by atoms with Gasteiger partial charge >= 0.3 is 0 Å². The zero-order valence-corrected chi connectivity index (χ0v) is 12.5. The van der Waals surface area contributed by atoms with Crippen LogP contribution in [0.2, 0.25) is 0 Å². The van der Waals surface area contributed by atoms with E-state index in [9.17, 15) is 8.42 Å². The topological polar surface area (TPSA) is 85.5 Å². The van der Waals surface area contributed by atoms with E-state index >= 15 is 0 Å². The predicted octanol–water partition coefficient (Wildman–Crippen LogP) is 0.849. The van der Waals surface area contributed by atoms with E-state index in [0.717, 1.165) is 5.56 Å². The molecular weight excluding hydrogens is 290 g/mol. The molecule has 0 spiro atoms. The summed E-state index contributed by atoms with van der Waals surface area (Å²) in [6, 6.07) is 6.90. The third-order valence-corrected chi connectivity index (χ3v) is 5.62. The summed E-state index contributed by atoms with van der Waals surface area (Å²) >= 11 is 0. The van der Waals surface area contributed by atoms with Crippen LogP contribution in [0.5, 0.6) is 0 Å². The van der Waals surface area contributed by atoms with Gasteiger partial charge in [0.2, 0.25) is 10.0 Å². The summed E-state index contributed by atoms with van der Waals surface area (Å²) in [5.74, 6) is 0. The largest absolute Gasteiger partial charge is 0.377 e. The lowest BCUT2D eigenvalue weighted by molar-refractivity contribution is 0.0350. The molecule has 2 N–H and O–H groups in total. The van der Waals surface area contributed by atoms with Crippen LogP contribution in [0.3, 0.4) is 0 Å². The van der Waals surface area contributed by atoms with Crippen molar-refractivity contribution in [2.75, 3.05) is 19.8 Å². The molecule has 2 heterocycles. The van der Waals surface area contributed by atoms with Gasteiger partial charge in [0.05, 0.1) is 29.8 Å². The van der Waals surface area contributed by atoms with Crippen molar-refractivity contribution in [2.45, 2.75) is 18.0 Å². The zero-order valence-electron chi connectivity index (χ0n) is 11.7. The number of ether oxygens (including phenoxy) is 1. The van der Waals surface area contributed by atoms with Gasteiger partial charge in [0.1, 0.15) is 0 Å². The van der Waals surface area contributed by atoms with Crippen LogP contribution in [0, 0.1) is 6.92 Å². The summed E-state index contributed by atoms with van der Waals surface area (Å²) in [5.41, 5.74) is 7.52. The number of hydrogen-bond donors (Lipinski definition) is 1. The minimum atomic E-state index is -3.67. The predicted molar refractivity (Wildman–Crippen MR) is 79.2 cm³/mol. The highest BCUT2D eigenvalue weighted by atomic mass is 32.2. The number of hydrogen-bond acceptors (Lipinski definition) is 5. The SMILES string of the molecule is Cc1ccc(S(=O)(=O)N2CCOCC2N)c2cccnc12. The van der Waals surface area contributed by atoms with Crippen molar-refractivity contribution in [3.63, 3.8) is 0 Å². The first-order valence-corrected chi connectivity index (χ1v) is 8.15. The molecule has 7 heteroatoms. The number of sulfonamides is 1. The van der Waals surface area contributed by atoms with E-state index in [1.165, 1.54) is 4.31 Å². The van der Waals surface area contributed by atoms with Crippen molar-refractivity contribution >= 4 is 20.9 Å². The smallest absolute Gasteiger partial charge is 0.245 e. The standard InChI is InChI=1S/C14H17N3O3S/c1-10-4-5-12(11-3-2-6-16-14(10)11)21(18,19)17-7-8-20-9-13(17)15/h2-6,13H,7-9,15H2,1H3. The molecule has 1 aliphatic rings. The number of morpholine rings is 1. The fourth-order valence-electron chi connectivity index (χ4n) is 2.55. The Bertz CT molecular complexity index is 776. The molecule has 0 radical (unpaired) electrons. The van der Waals surface area contributed by atoms with Crippen molar-refractivity contribution in [1.82, 2.24) is 9.29 Å². The van der Waals surface area contributed by atoms with E-state index in [1.54, 1.807) is 30.5 Å². The molecule has 1 aromatic heterocycles. The van der Waals surface area contributed by atoms with Crippen molar-refractivity contribution in [1.29, 1.82) is 0 Å².